The Morgan fingerprint density at radius 2 is 2.03 bits per heavy atom. The highest BCUT2D eigenvalue weighted by molar-refractivity contribution is 5.90. The molecule has 0 radical (unpaired) electrons. The Morgan fingerprint density at radius 1 is 1.23 bits per heavy atom. The standard InChI is InChI=1S/C25H28N4O2/c1-5-10-26-13-18-17-8-6-7-9-20(17)28-23(18)24-19(14-30)25(31-4)22(29-24)12-21-15(2)11-16(3)27-21/h5-9,11-12,26-27,29-30H,1,10,13-14H2,2-4H3. The van der Waals surface area contributed by atoms with E-state index in [0.717, 1.165) is 49.5 Å². The Balaban J connectivity index is 2.01. The third-order valence-electron chi connectivity index (χ3n) is 5.50. The number of aryl methyl sites for hydroxylation is 2. The number of ether oxygens (including phenoxy) is 1. The second-order valence-electron chi connectivity index (χ2n) is 7.65. The van der Waals surface area contributed by atoms with E-state index in [0.29, 0.717) is 24.4 Å². The first-order chi connectivity index (χ1) is 15.1. The van der Waals surface area contributed by atoms with E-state index in [1.165, 1.54) is 0 Å². The molecule has 0 saturated heterocycles. The van der Waals surface area contributed by atoms with Crippen molar-refractivity contribution in [3.8, 4) is 5.75 Å². The van der Waals surface area contributed by atoms with Crippen molar-refractivity contribution in [2.24, 2.45) is 4.99 Å². The zero-order chi connectivity index (χ0) is 22.0. The highest BCUT2D eigenvalue weighted by Crippen LogP contribution is 2.17. The van der Waals surface area contributed by atoms with Crippen LogP contribution in [0, 0.1) is 13.8 Å². The molecule has 160 valence electrons. The fraction of sp³-hybridized carbons (Fsp3) is 0.240. The molecular formula is C25H28N4O2. The first kappa shape index (κ1) is 20.9. The normalized spacial score (nSPS) is 15.2. The number of methoxy groups -OCH3 is 1. The average molecular weight is 417 g/mol. The Labute approximate surface area is 181 Å². The summed E-state index contributed by atoms with van der Waals surface area (Å²) in [6.45, 7) is 9.06. The fourth-order valence-corrected chi connectivity index (χ4v) is 4.10. The number of para-hydroxylation sites is 1. The molecule has 31 heavy (non-hydrogen) atoms. The summed E-state index contributed by atoms with van der Waals surface area (Å²) in [5.41, 5.74) is 5.84. The van der Waals surface area contributed by atoms with E-state index in [1.807, 2.05) is 37.3 Å². The summed E-state index contributed by atoms with van der Waals surface area (Å²) < 4.78 is 5.71. The molecule has 0 bridgehead atoms. The fourth-order valence-electron chi connectivity index (χ4n) is 4.10. The van der Waals surface area contributed by atoms with Crippen molar-refractivity contribution in [1.29, 1.82) is 0 Å². The maximum absolute atomic E-state index is 10.2. The van der Waals surface area contributed by atoms with E-state index >= 15 is 0 Å². The summed E-state index contributed by atoms with van der Waals surface area (Å²) in [6.07, 6.45) is 3.85. The first-order valence-electron chi connectivity index (χ1n) is 10.3. The molecule has 0 saturated carbocycles. The van der Waals surface area contributed by atoms with Gasteiger partial charge in [0.05, 0.1) is 35.5 Å². The van der Waals surface area contributed by atoms with Gasteiger partial charge in [0.2, 0.25) is 0 Å². The van der Waals surface area contributed by atoms with Crippen LogP contribution in [0.5, 0.6) is 5.75 Å². The largest absolute Gasteiger partial charge is 0.494 e. The molecule has 0 amide bonds. The van der Waals surface area contributed by atoms with Crippen LogP contribution in [0.25, 0.3) is 17.3 Å². The number of benzene rings is 1. The summed E-state index contributed by atoms with van der Waals surface area (Å²) in [6, 6.07) is 10.2. The molecule has 3 aromatic rings. The van der Waals surface area contributed by atoms with Crippen LogP contribution in [0.1, 0.15) is 22.5 Å². The Morgan fingerprint density at radius 3 is 2.71 bits per heavy atom. The number of rotatable bonds is 7. The molecule has 0 spiro atoms. The van der Waals surface area contributed by atoms with Crippen molar-refractivity contribution in [3.05, 3.63) is 86.8 Å². The lowest BCUT2D eigenvalue weighted by atomic mass is 10.1. The van der Waals surface area contributed by atoms with Gasteiger partial charge in [0.15, 0.2) is 0 Å². The molecule has 1 aliphatic heterocycles. The molecule has 0 unspecified atom stereocenters. The molecule has 2 aromatic heterocycles. The molecule has 0 fully saturated rings. The summed E-state index contributed by atoms with van der Waals surface area (Å²) in [4.78, 5) is 11.7. The number of aliphatic hydroxyl groups excluding tert-OH is 1. The van der Waals surface area contributed by atoms with Crippen LogP contribution in [0.15, 0.2) is 48.0 Å². The number of fused-ring (bicyclic) bond motifs is 1. The van der Waals surface area contributed by atoms with Crippen LogP contribution in [-0.4, -0.2) is 35.3 Å². The number of aliphatic hydroxyl groups is 1. The zero-order valence-corrected chi connectivity index (χ0v) is 18.2. The van der Waals surface area contributed by atoms with Gasteiger partial charge in [0, 0.05) is 40.8 Å². The molecule has 3 heterocycles. The number of hydrogen-bond acceptors (Lipinski definition) is 4. The monoisotopic (exact) mass is 416 g/mol. The molecule has 0 atom stereocenters. The van der Waals surface area contributed by atoms with Crippen LogP contribution in [0.4, 0.5) is 0 Å². The van der Waals surface area contributed by atoms with Gasteiger partial charge >= 0.3 is 0 Å². The molecule has 4 rings (SSSR count). The minimum absolute atomic E-state index is 0.158. The van der Waals surface area contributed by atoms with E-state index in [9.17, 15) is 5.11 Å². The van der Waals surface area contributed by atoms with Gasteiger partial charge in [-0.3, -0.25) is 0 Å². The Bertz CT molecular complexity index is 1380. The minimum atomic E-state index is -0.158. The lowest BCUT2D eigenvalue weighted by Crippen LogP contribution is -2.27. The van der Waals surface area contributed by atoms with Crippen LogP contribution < -0.4 is 31.3 Å². The third kappa shape index (κ3) is 3.87. The molecule has 4 N–H and O–H groups in total. The van der Waals surface area contributed by atoms with Gasteiger partial charge in [-0.05, 0) is 37.6 Å². The number of nitrogens with one attached hydrogen (secondary N) is 3. The van der Waals surface area contributed by atoms with Gasteiger partial charge in [-0.15, -0.1) is 6.58 Å². The lowest BCUT2D eigenvalue weighted by Gasteiger charge is -2.06. The van der Waals surface area contributed by atoms with Crippen LogP contribution in [0.3, 0.4) is 0 Å². The lowest BCUT2D eigenvalue weighted by molar-refractivity contribution is 0.273. The van der Waals surface area contributed by atoms with Crippen molar-refractivity contribution in [2.45, 2.75) is 20.5 Å². The summed E-state index contributed by atoms with van der Waals surface area (Å²) >= 11 is 0. The minimum Gasteiger partial charge on any atom is -0.494 e. The van der Waals surface area contributed by atoms with Gasteiger partial charge in [0.25, 0.3) is 0 Å². The van der Waals surface area contributed by atoms with Crippen molar-refractivity contribution in [1.82, 2.24) is 15.3 Å². The quantitative estimate of drug-likeness (QED) is 0.337. The summed E-state index contributed by atoms with van der Waals surface area (Å²) in [7, 11) is 1.62. The second kappa shape index (κ2) is 8.79. The second-order valence-corrected chi connectivity index (χ2v) is 7.65. The maximum atomic E-state index is 10.2. The van der Waals surface area contributed by atoms with Crippen molar-refractivity contribution < 1.29 is 9.84 Å². The molecule has 0 aliphatic carbocycles. The van der Waals surface area contributed by atoms with E-state index in [2.05, 4.69) is 40.9 Å². The van der Waals surface area contributed by atoms with Gasteiger partial charge in [-0.2, -0.15) is 0 Å². The predicted octanol–water partition coefficient (Wildman–Crippen LogP) is 0.657. The number of hydrogen-bond donors (Lipinski definition) is 4. The molecule has 1 aliphatic rings. The third-order valence-corrected chi connectivity index (χ3v) is 5.50. The highest BCUT2D eigenvalue weighted by atomic mass is 16.5. The van der Waals surface area contributed by atoms with E-state index < -0.39 is 0 Å². The summed E-state index contributed by atoms with van der Waals surface area (Å²) in [5, 5.41) is 17.2. The van der Waals surface area contributed by atoms with E-state index in [-0.39, 0.29) is 6.61 Å². The van der Waals surface area contributed by atoms with Gasteiger partial charge < -0.3 is 25.1 Å². The van der Waals surface area contributed by atoms with Crippen molar-refractivity contribution >= 4 is 17.3 Å². The maximum Gasteiger partial charge on any atom is 0.150 e. The van der Waals surface area contributed by atoms with Crippen LogP contribution >= 0.6 is 0 Å². The van der Waals surface area contributed by atoms with E-state index in [1.54, 1.807) is 7.11 Å². The number of aromatic amines is 2. The smallest absolute Gasteiger partial charge is 0.150 e. The average Bonchev–Trinajstić information content (AvgIpc) is 3.40. The molecule has 6 heteroatoms. The number of H-pyrrole nitrogens is 2. The Kier molecular flexibility index (Phi) is 5.93. The van der Waals surface area contributed by atoms with Crippen molar-refractivity contribution in [2.75, 3.05) is 20.2 Å². The molecular weight excluding hydrogens is 388 g/mol. The van der Waals surface area contributed by atoms with Crippen LogP contribution in [0.2, 0.25) is 0 Å². The molecule has 6 nitrogen and oxygen atoms in total. The predicted molar refractivity (Wildman–Crippen MR) is 123 cm³/mol. The Hall–Kier alpha value is -3.35. The van der Waals surface area contributed by atoms with Crippen molar-refractivity contribution in [3.63, 3.8) is 0 Å². The van der Waals surface area contributed by atoms with Gasteiger partial charge in [0.1, 0.15) is 5.75 Å². The topological polar surface area (TPSA) is 85.4 Å². The molecule has 1 aromatic carbocycles. The first-order valence-corrected chi connectivity index (χ1v) is 10.3. The number of nitrogens with zero attached hydrogens (tertiary/aromatic N) is 1. The van der Waals surface area contributed by atoms with Crippen LogP contribution in [-0.2, 0) is 6.61 Å². The number of aromatic nitrogens is 2. The summed E-state index contributed by atoms with van der Waals surface area (Å²) in [5.74, 6) is 0.626. The van der Waals surface area contributed by atoms with Gasteiger partial charge in [-0.25, -0.2) is 4.99 Å². The zero-order valence-electron chi connectivity index (χ0n) is 18.2. The van der Waals surface area contributed by atoms with Gasteiger partial charge in [-0.1, -0.05) is 24.3 Å². The highest BCUT2D eigenvalue weighted by Gasteiger charge is 2.19. The van der Waals surface area contributed by atoms with E-state index in [4.69, 9.17) is 9.73 Å². The SMILES string of the molecule is C=CCNCC1=c2ccccc2=NC1=c1[nH]c(=Cc2[nH]c(C)cc2C)c(OC)c1CO.